The lowest BCUT2D eigenvalue weighted by atomic mass is 9.98. The molecule has 1 amide bonds. The van der Waals surface area contributed by atoms with Crippen molar-refractivity contribution in [2.45, 2.75) is 39.2 Å². The Balaban J connectivity index is 1.97. The highest BCUT2D eigenvalue weighted by Gasteiger charge is 2.15. The fourth-order valence-corrected chi connectivity index (χ4v) is 2.83. The van der Waals surface area contributed by atoms with Crippen LogP contribution in [0.15, 0.2) is 42.5 Å². The summed E-state index contributed by atoms with van der Waals surface area (Å²) in [6.45, 7) is 4.55. The van der Waals surface area contributed by atoms with Crippen LogP contribution in [0.5, 0.6) is 0 Å². The number of aliphatic hydroxyl groups is 1. The lowest BCUT2D eigenvalue weighted by Gasteiger charge is -2.16. The zero-order chi connectivity index (χ0) is 15.9. The Labute approximate surface area is 132 Å². The van der Waals surface area contributed by atoms with Gasteiger partial charge in [0.15, 0.2) is 0 Å². The van der Waals surface area contributed by atoms with Crippen LogP contribution in [0.4, 0.5) is 0 Å². The number of rotatable bonds is 7. The summed E-state index contributed by atoms with van der Waals surface area (Å²) >= 11 is 0. The maximum Gasteiger partial charge on any atom is 0.223 e. The van der Waals surface area contributed by atoms with E-state index in [2.05, 4.69) is 5.32 Å². The van der Waals surface area contributed by atoms with E-state index in [0.717, 1.165) is 29.2 Å². The Hall–Kier alpha value is -1.87. The Morgan fingerprint density at radius 2 is 1.77 bits per heavy atom. The minimum absolute atomic E-state index is 0.0784. The van der Waals surface area contributed by atoms with Gasteiger partial charge in [0.2, 0.25) is 5.91 Å². The van der Waals surface area contributed by atoms with Gasteiger partial charge in [0.05, 0.1) is 6.10 Å². The van der Waals surface area contributed by atoms with E-state index in [-0.39, 0.29) is 11.8 Å². The quantitative estimate of drug-likeness (QED) is 0.816. The number of nitrogens with one attached hydrogen (secondary N) is 1. The molecule has 0 radical (unpaired) electrons. The van der Waals surface area contributed by atoms with E-state index >= 15 is 0 Å². The molecule has 0 saturated carbocycles. The maximum atomic E-state index is 11.9. The minimum atomic E-state index is -0.562. The van der Waals surface area contributed by atoms with Gasteiger partial charge in [-0.15, -0.1) is 0 Å². The summed E-state index contributed by atoms with van der Waals surface area (Å²) in [4.78, 5) is 11.9. The third-order valence-corrected chi connectivity index (χ3v) is 4.26. The normalized spacial score (nSPS) is 12.5. The first-order chi connectivity index (χ1) is 10.7. The lowest BCUT2D eigenvalue weighted by Crippen LogP contribution is -2.31. The number of fused-ring (bicyclic) bond motifs is 1. The summed E-state index contributed by atoms with van der Waals surface area (Å²) in [5, 5.41) is 15.6. The van der Waals surface area contributed by atoms with Gasteiger partial charge in [0.1, 0.15) is 0 Å². The van der Waals surface area contributed by atoms with E-state index in [9.17, 15) is 9.90 Å². The fourth-order valence-electron chi connectivity index (χ4n) is 2.83. The van der Waals surface area contributed by atoms with Crippen molar-refractivity contribution in [3.05, 3.63) is 48.0 Å². The molecular formula is C19H25NO2. The van der Waals surface area contributed by atoms with Crippen molar-refractivity contribution in [2.24, 2.45) is 5.92 Å². The highest BCUT2D eigenvalue weighted by molar-refractivity contribution is 5.86. The zero-order valence-corrected chi connectivity index (χ0v) is 13.4. The number of aliphatic hydroxyl groups excluding tert-OH is 1. The van der Waals surface area contributed by atoms with Crippen LogP contribution in [0.25, 0.3) is 10.8 Å². The average Bonchev–Trinajstić information content (AvgIpc) is 2.55. The van der Waals surface area contributed by atoms with Gasteiger partial charge >= 0.3 is 0 Å². The number of amides is 1. The predicted molar refractivity (Wildman–Crippen MR) is 90.6 cm³/mol. The average molecular weight is 299 g/mol. The molecule has 0 aromatic heterocycles. The second-order valence-corrected chi connectivity index (χ2v) is 5.68. The molecule has 22 heavy (non-hydrogen) atoms. The van der Waals surface area contributed by atoms with Crippen molar-refractivity contribution in [3.8, 4) is 0 Å². The van der Waals surface area contributed by atoms with Gasteiger partial charge in [-0.05, 0) is 35.6 Å². The van der Waals surface area contributed by atoms with Crippen LogP contribution in [0.2, 0.25) is 0 Å². The summed E-state index contributed by atoms with van der Waals surface area (Å²) < 4.78 is 0. The van der Waals surface area contributed by atoms with Gasteiger partial charge in [-0.3, -0.25) is 4.79 Å². The van der Waals surface area contributed by atoms with Gasteiger partial charge < -0.3 is 10.4 Å². The summed E-state index contributed by atoms with van der Waals surface area (Å²) in [7, 11) is 0. The minimum Gasteiger partial charge on any atom is -0.388 e. The van der Waals surface area contributed by atoms with E-state index in [0.29, 0.717) is 13.0 Å². The topological polar surface area (TPSA) is 49.3 Å². The molecule has 3 heteroatoms. The van der Waals surface area contributed by atoms with Gasteiger partial charge in [0.25, 0.3) is 0 Å². The van der Waals surface area contributed by atoms with Crippen molar-refractivity contribution < 1.29 is 9.90 Å². The van der Waals surface area contributed by atoms with E-state index in [1.165, 1.54) is 0 Å². The zero-order valence-electron chi connectivity index (χ0n) is 13.4. The van der Waals surface area contributed by atoms with Crippen LogP contribution in [-0.2, 0) is 4.79 Å². The van der Waals surface area contributed by atoms with Crippen LogP contribution >= 0.6 is 0 Å². The molecule has 118 valence electrons. The molecule has 2 N–H and O–H groups in total. The fraction of sp³-hybridized carbons (Fsp3) is 0.421. The van der Waals surface area contributed by atoms with Crippen LogP contribution in [0, 0.1) is 5.92 Å². The van der Waals surface area contributed by atoms with Crippen molar-refractivity contribution in [2.75, 3.05) is 6.54 Å². The molecule has 0 heterocycles. The molecule has 2 aromatic rings. The largest absolute Gasteiger partial charge is 0.388 e. The summed E-state index contributed by atoms with van der Waals surface area (Å²) in [6, 6.07) is 14.0. The molecule has 2 rings (SSSR count). The number of carbonyl (C=O) groups is 1. The van der Waals surface area contributed by atoms with E-state index in [1.807, 2.05) is 56.3 Å². The molecule has 0 aliphatic rings. The van der Waals surface area contributed by atoms with E-state index < -0.39 is 6.10 Å². The van der Waals surface area contributed by atoms with Crippen molar-refractivity contribution >= 4 is 16.7 Å². The van der Waals surface area contributed by atoms with Crippen molar-refractivity contribution in [1.82, 2.24) is 5.32 Å². The second kappa shape index (κ2) is 7.95. The molecule has 0 bridgehead atoms. The molecule has 0 spiro atoms. The van der Waals surface area contributed by atoms with Crippen LogP contribution < -0.4 is 5.32 Å². The molecule has 1 atom stereocenters. The van der Waals surface area contributed by atoms with Gasteiger partial charge in [0, 0.05) is 12.5 Å². The summed E-state index contributed by atoms with van der Waals surface area (Å²) in [5.74, 6) is 0.171. The van der Waals surface area contributed by atoms with Crippen molar-refractivity contribution in [1.29, 1.82) is 0 Å². The smallest absolute Gasteiger partial charge is 0.223 e. The molecule has 0 saturated heterocycles. The summed E-state index contributed by atoms with van der Waals surface area (Å²) in [5.41, 5.74) is 0.926. The molecule has 0 fully saturated rings. The molecule has 1 unspecified atom stereocenters. The number of carbonyl (C=O) groups excluding carboxylic acids is 1. The molecule has 3 nitrogen and oxygen atoms in total. The number of hydrogen-bond acceptors (Lipinski definition) is 2. The highest BCUT2D eigenvalue weighted by Crippen LogP contribution is 2.25. The first kappa shape index (κ1) is 16.5. The Bertz CT molecular complexity index is 614. The predicted octanol–water partition coefficient (Wildman–Crippen LogP) is 3.82. The first-order valence-corrected chi connectivity index (χ1v) is 8.10. The molecule has 0 aliphatic heterocycles. The molecular weight excluding hydrogens is 274 g/mol. The third-order valence-electron chi connectivity index (χ3n) is 4.26. The lowest BCUT2D eigenvalue weighted by molar-refractivity contribution is -0.125. The van der Waals surface area contributed by atoms with Crippen molar-refractivity contribution in [3.63, 3.8) is 0 Å². The Kier molecular flexibility index (Phi) is 5.96. The van der Waals surface area contributed by atoms with Crippen LogP contribution in [0.1, 0.15) is 44.8 Å². The standard InChI is InChI=1S/C19H25NO2/c1-3-14(4-2)19(22)20-13-12-18(21)17-11-7-9-15-8-5-6-10-16(15)17/h5-11,14,18,21H,3-4,12-13H2,1-2H3,(H,20,22). The highest BCUT2D eigenvalue weighted by atomic mass is 16.3. The van der Waals surface area contributed by atoms with Gasteiger partial charge in [-0.1, -0.05) is 56.3 Å². The molecule has 2 aromatic carbocycles. The molecule has 0 aliphatic carbocycles. The van der Waals surface area contributed by atoms with Gasteiger partial charge in [-0.25, -0.2) is 0 Å². The second-order valence-electron chi connectivity index (χ2n) is 5.68. The Morgan fingerprint density at radius 1 is 1.09 bits per heavy atom. The number of hydrogen-bond donors (Lipinski definition) is 2. The monoisotopic (exact) mass is 299 g/mol. The third kappa shape index (κ3) is 3.86. The Morgan fingerprint density at radius 3 is 2.50 bits per heavy atom. The van der Waals surface area contributed by atoms with E-state index in [1.54, 1.807) is 0 Å². The first-order valence-electron chi connectivity index (χ1n) is 8.10. The van der Waals surface area contributed by atoms with Gasteiger partial charge in [-0.2, -0.15) is 0 Å². The summed E-state index contributed by atoms with van der Waals surface area (Å²) in [6.07, 6.45) is 1.68. The number of benzene rings is 2. The SMILES string of the molecule is CCC(CC)C(=O)NCCC(O)c1cccc2ccccc12. The van der Waals surface area contributed by atoms with Crippen LogP contribution in [-0.4, -0.2) is 17.6 Å². The van der Waals surface area contributed by atoms with Crippen LogP contribution in [0.3, 0.4) is 0 Å². The van der Waals surface area contributed by atoms with E-state index in [4.69, 9.17) is 0 Å². The maximum absolute atomic E-state index is 11.9.